The number of piperazine rings is 1. The number of anilines is 3. The van der Waals surface area contributed by atoms with E-state index in [0.717, 1.165) is 6.54 Å². The van der Waals surface area contributed by atoms with Gasteiger partial charge in [0.2, 0.25) is 5.91 Å². The van der Waals surface area contributed by atoms with Gasteiger partial charge in [-0.2, -0.15) is 0 Å². The Labute approximate surface area is 158 Å². The number of pyridine rings is 1. The monoisotopic (exact) mass is 368 g/mol. The molecule has 1 aromatic heterocycles. The first-order valence-electron chi connectivity index (χ1n) is 8.94. The first kappa shape index (κ1) is 18.7. The summed E-state index contributed by atoms with van der Waals surface area (Å²) in [4.78, 5) is 31.6. The van der Waals surface area contributed by atoms with Crippen molar-refractivity contribution in [2.24, 2.45) is 0 Å². The Morgan fingerprint density at radius 2 is 2.04 bits per heavy atom. The maximum absolute atomic E-state index is 11.7. The van der Waals surface area contributed by atoms with Crippen LogP contribution in [0.15, 0.2) is 36.5 Å². The molecule has 1 saturated heterocycles. The fourth-order valence-electron chi connectivity index (χ4n) is 3.48. The van der Waals surface area contributed by atoms with Crippen molar-refractivity contribution in [3.63, 3.8) is 0 Å². The molecular weight excluding hydrogens is 344 g/mol. The summed E-state index contributed by atoms with van der Waals surface area (Å²) < 4.78 is 0. The minimum Gasteiger partial charge on any atom is -0.478 e. The van der Waals surface area contributed by atoms with E-state index in [1.165, 1.54) is 30.4 Å². The molecule has 1 aliphatic rings. The van der Waals surface area contributed by atoms with Gasteiger partial charge in [0.1, 0.15) is 11.4 Å². The van der Waals surface area contributed by atoms with Gasteiger partial charge in [0.15, 0.2) is 0 Å². The van der Waals surface area contributed by atoms with E-state index >= 15 is 0 Å². The SMILES string of the molecule is CC(=O)Nc1cnc(N2CCN(c3cccc(C)c3)[C@H](C)C2)c(C(=O)O)c1. The summed E-state index contributed by atoms with van der Waals surface area (Å²) in [7, 11) is 0. The lowest BCUT2D eigenvalue weighted by atomic mass is 10.1. The number of aryl methyl sites for hydroxylation is 1. The number of carboxylic acid groups (broad SMARTS) is 1. The van der Waals surface area contributed by atoms with Crippen molar-refractivity contribution in [1.29, 1.82) is 0 Å². The van der Waals surface area contributed by atoms with Crippen LogP contribution in [0, 0.1) is 6.92 Å². The van der Waals surface area contributed by atoms with Gasteiger partial charge in [-0.15, -0.1) is 0 Å². The number of carbonyl (C=O) groups excluding carboxylic acids is 1. The van der Waals surface area contributed by atoms with Gasteiger partial charge in [-0.05, 0) is 37.6 Å². The Hall–Kier alpha value is -3.09. The number of aromatic nitrogens is 1. The highest BCUT2D eigenvalue weighted by Gasteiger charge is 2.27. The van der Waals surface area contributed by atoms with Crippen molar-refractivity contribution >= 4 is 29.1 Å². The standard InChI is InChI=1S/C20H24N4O3/c1-13-5-4-6-17(9-13)24-8-7-23(12-14(24)2)19-18(20(26)27)10-16(11-21-19)22-15(3)25/h4-6,9-11,14H,7-8,12H2,1-3H3,(H,22,25)(H,26,27)/t14-/m1/s1. The van der Waals surface area contributed by atoms with Crippen molar-refractivity contribution in [2.45, 2.75) is 26.8 Å². The molecule has 2 N–H and O–H groups in total. The molecule has 0 spiro atoms. The van der Waals surface area contributed by atoms with Gasteiger partial charge in [0.05, 0.1) is 11.9 Å². The molecule has 1 aliphatic heterocycles. The molecule has 142 valence electrons. The molecule has 0 bridgehead atoms. The van der Waals surface area contributed by atoms with E-state index in [9.17, 15) is 14.7 Å². The molecule has 1 atom stereocenters. The highest BCUT2D eigenvalue weighted by atomic mass is 16.4. The van der Waals surface area contributed by atoms with Gasteiger partial charge in [-0.25, -0.2) is 9.78 Å². The molecule has 0 saturated carbocycles. The largest absolute Gasteiger partial charge is 0.478 e. The average Bonchev–Trinajstić information content (AvgIpc) is 2.61. The Bertz CT molecular complexity index is 868. The van der Waals surface area contributed by atoms with Crippen molar-refractivity contribution in [1.82, 2.24) is 4.98 Å². The fraction of sp³-hybridized carbons (Fsp3) is 0.350. The van der Waals surface area contributed by atoms with Gasteiger partial charge >= 0.3 is 5.97 Å². The Kier molecular flexibility index (Phi) is 5.30. The topological polar surface area (TPSA) is 85.8 Å². The molecule has 7 nitrogen and oxygen atoms in total. The highest BCUT2D eigenvalue weighted by Crippen LogP contribution is 2.27. The summed E-state index contributed by atoms with van der Waals surface area (Å²) >= 11 is 0. The van der Waals surface area contributed by atoms with Crippen LogP contribution in [-0.2, 0) is 4.79 Å². The molecule has 2 aromatic rings. The molecule has 0 radical (unpaired) electrons. The molecule has 1 aromatic carbocycles. The van der Waals surface area contributed by atoms with Crippen LogP contribution in [0.3, 0.4) is 0 Å². The molecule has 1 fully saturated rings. The van der Waals surface area contributed by atoms with Crippen LogP contribution in [0.5, 0.6) is 0 Å². The van der Waals surface area contributed by atoms with E-state index in [0.29, 0.717) is 24.6 Å². The summed E-state index contributed by atoms with van der Waals surface area (Å²) in [6.07, 6.45) is 1.50. The number of carboxylic acids is 1. The third-order valence-electron chi connectivity index (χ3n) is 4.68. The smallest absolute Gasteiger partial charge is 0.339 e. The van der Waals surface area contributed by atoms with Gasteiger partial charge < -0.3 is 20.2 Å². The summed E-state index contributed by atoms with van der Waals surface area (Å²) in [5.41, 5.74) is 2.87. The first-order valence-corrected chi connectivity index (χ1v) is 8.94. The molecular formula is C20H24N4O3. The molecule has 3 rings (SSSR count). The lowest BCUT2D eigenvalue weighted by Gasteiger charge is -2.42. The van der Waals surface area contributed by atoms with Crippen LogP contribution in [-0.4, -0.2) is 47.6 Å². The Morgan fingerprint density at radius 1 is 1.26 bits per heavy atom. The second-order valence-corrected chi connectivity index (χ2v) is 6.91. The minimum absolute atomic E-state index is 0.0949. The van der Waals surface area contributed by atoms with Crippen LogP contribution in [0.25, 0.3) is 0 Å². The van der Waals surface area contributed by atoms with Gasteiger partial charge in [-0.3, -0.25) is 4.79 Å². The zero-order valence-electron chi connectivity index (χ0n) is 15.8. The summed E-state index contributed by atoms with van der Waals surface area (Å²) in [6.45, 7) is 7.69. The molecule has 27 heavy (non-hydrogen) atoms. The molecule has 0 unspecified atom stereocenters. The number of nitrogens with one attached hydrogen (secondary N) is 1. The lowest BCUT2D eigenvalue weighted by molar-refractivity contribution is -0.114. The predicted molar refractivity (Wildman–Crippen MR) is 106 cm³/mol. The first-order chi connectivity index (χ1) is 12.8. The minimum atomic E-state index is -1.06. The Balaban J connectivity index is 1.82. The third-order valence-corrected chi connectivity index (χ3v) is 4.68. The lowest BCUT2D eigenvalue weighted by Crippen LogP contribution is -2.52. The number of carbonyl (C=O) groups is 2. The van der Waals surface area contributed by atoms with E-state index < -0.39 is 5.97 Å². The summed E-state index contributed by atoms with van der Waals surface area (Å²) in [5, 5.41) is 12.2. The number of nitrogens with zero attached hydrogens (tertiary/aromatic N) is 3. The number of rotatable bonds is 4. The van der Waals surface area contributed by atoms with E-state index in [1.54, 1.807) is 0 Å². The van der Waals surface area contributed by atoms with Crippen molar-refractivity contribution in [2.75, 3.05) is 34.8 Å². The van der Waals surface area contributed by atoms with Crippen LogP contribution in [0.4, 0.5) is 17.2 Å². The van der Waals surface area contributed by atoms with Crippen molar-refractivity contribution < 1.29 is 14.7 Å². The van der Waals surface area contributed by atoms with Crippen LogP contribution in [0.1, 0.15) is 29.8 Å². The number of hydrogen-bond acceptors (Lipinski definition) is 5. The van der Waals surface area contributed by atoms with Gasteiger partial charge in [0, 0.05) is 38.3 Å². The molecule has 0 aliphatic carbocycles. The number of hydrogen-bond donors (Lipinski definition) is 2. The van der Waals surface area contributed by atoms with Gasteiger partial charge in [-0.1, -0.05) is 12.1 Å². The van der Waals surface area contributed by atoms with Crippen molar-refractivity contribution in [3.8, 4) is 0 Å². The summed E-state index contributed by atoms with van der Waals surface area (Å²) in [5.74, 6) is -0.882. The third kappa shape index (κ3) is 4.19. The normalized spacial score (nSPS) is 16.9. The van der Waals surface area contributed by atoms with E-state index in [4.69, 9.17) is 0 Å². The number of aromatic carboxylic acids is 1. The Morgan fingerprint density at radius 3 is 2.67 bits per heavy atom. The van der Waals surface area contributed by atoms with Crippen molar-refractivity contribution in [3.05, 3.63) is 47.7 Å². The number of amides is 1. The second-order valence-electron chi connectivity index (χ2n) is 6.91. The van der Waals surface area contributed by atoms with Crippen LogP contribution in [0.2, 0.25) is 0 Å². The predicted octanol–water partition coefficient (Wildman–Crippen LogP) is 2.76. The van der Waals surface area contributed by atoms with E-state index in [1.807, 2.05) is 4.90 Å². The average molecular weight is 368 g/mol. The second kappa shape index (κ2) is 7.65. The quantitative estimate of drug-likeness (QED) is 0.863. The zero-order chi connectivity index (χ0) is 19.6. The maximum atomic E-state index is 11.7. The highest BCUT2D eigenvalue weighted by molar-refractivity contribution is 5.96. The van der Waals surface area contributed by atoms with E-state index in [2.05, 4.69) is 53.3 Å². The molecule has 2 heterocycles. The number of benzene rings is 1. The zero-order valence-corrected chi connectivity index (χ0v) is 15.8. The fourth-order valence-corrected chi connectivity index (χ4v) is 3.48. The molecule has 1 amide bonds. The van der Waals surface area contributed by atoms with E-state index in [-0.39, 0.29) is 17.5 Å². The van der Waals surface area contributed by atoms with Crippen LogP contribution >= 0.6 is 0 Å². The maximum Gasteiger partial charge on any atom is 0.339 e. The van der Waals surface area contributed by atoms with Gasteiger partial charge in [0.25, 0.3) is 0 Å². The van der Waals surface area contributed by atoms with Crippen LogP contribution < -0.4 is 15.1 Å². The summed E-state index contributed by atoms with van der Waals surface area (Å²) in [6, 6.07) is 10.1. The molecule has 7 heteroatoms.